The van der Waals surface area contributed by atoms with E-state index in [0.29, 0.717) is 12.4 Å². The minimum Gasteiger partial charge on any atom is -0.471 e. The molecule has 1 aromatic rings. The van der Waals surface area contributed by atoms with Gasteiger partial charge in [-0.3, -0.25) is 4.98 Å². The third-order valence-corrected chi connectivity index (χ3v) is 1.87. The summed E-state index contributed by atoms with van der Waals surface area (Å²) in [6.07, 6.45) is 3.40. The minimum atomic E-state index is -0.245. The van der Waals surface area contributed by atoms with E-state index >= 15 is 0 Å². The first-order valence-corrected chi connectivity index (χ1v) is 5.91. The molecule has 0 aliphatic rings. The third kappa shape index (κ3) is 6.22. The summed E-state index contributed by atoms with van der Waals surface area (Å²) in [7, 11) is 0. The van der Waals surface area contributed by atoms with Gasteiger partial charge >= 0.3 is 0 Å². The first-order valence-electron chi connectivity index (χ1n) is 5.91. The smallest absolute Gasteiger partial charge is 0.233 e. The molecule has 0 aliphatic carbocycles. The zero-order chi connectivity index (χ0) is 13.1. The van der Waals surface area contributed by atoms with E-state index < -0.39 is 0 Å². The summed E-state index contributed by atoms with van der Waals surface area (Å²) in [5.74, 6) is 0.575. The lowest BCUT2D eigenvalue weighted by molar-refractivity contribution is 0.123. The third-order valence-electron chi connectivity index (χ3n) is 1.87. The van der Waals surface area contributed by atoms with E-state index in [1.807, 2.05) is 20.8 Å². The minimum absolute atomic E-state index is 0.0720. The van der Waals surface area contributed by atoms with Crippen LogP contribution >= 0.6 is 0 Å². The summed E-state index contributed by atoms with van der Waals surface area (Å²) in [6, 6.07) is 0. The monoisotopic (exact) mass is 237 g/mol. The molecule has 1 aromatic heterocycles. The van der Waals surface area contributed by atoms with Crippen molar-refractivity contribution in [3.8, 4) is 5.88 Å². The van der Waals surface area contributed by atoms with Crippen LogP contribution in [0.1, 0.15) is 47.2 Å². The van der Waals surface area contributed by atoms with Crippen molar-refractivity contribution in [2.24, 2.45) is 0 Å². The van der Waals surface area contributed by atoms with Crippen molar-refractivity contribution in [3.05, 3.63) is 18.1 Å². The molecular formula is C13H23N3O. The standard InChI is InChI=1S/C13H23N3O/c1-12(2,3)15-8-10-7-14-9-11(16-10)17-13(4,5)6/h7,9,15H,8H2,1-6H3. The molecule has 17 heavy (non-hydrogen) atoms. The van der Waals surface area contributed by atoms with Crippen molar-refractivity contribution in [3.63, 3.8) is 0 Å². The van der Waals surface area contributed by atoms with Crippen LogP contribution < -0.4 is 10.1 Å². The first kappa shape index (κ1) is 13.9. The molecule has 0 saturated heterocycles. The van der Waals surface area contributed by atoms with E-state index in [-0.39, 0.29) is 11.1 Å². The summed E-state index contributed by atoms with van der Waals surface area (Å²) in [4.78, 5) is 8.56. The summed E-state index contributed by atoms with van der Waals surface area (Å²) >= 11 is 0. The molecule has 0 aliphatic heterocycles. The zero-order valence-corrected chi connectivity index (χ0v) is 11.7. The number of ether oxygens (including phenoxy) is 1. The molecule has 4 heteroatoms. The van der Waals surface area contributed by atoms with Gasteiger partial charge < -0.3 is 10.1 Å². The Morgan fingerprint density at radius 1 is 1.12 bits per heavy atom. The predicted octanol–water partition coefficient (Wildman–Crippen LogP) is 2.54. The van der Waals surface area contributed by atoms with Gasteiger partial charge in [0.05, 0.1) is 11.9 Å². The highest BCUT2D eigenvalue weighted by atomic mass is 16.5. The topological polar surface area (TPSA) is 47.0 Å². The lowest BCUT2D eigenvalue weighted by atomic mass is 10.1. The van der Waals surface area contributed by atoms with Gasteiger partial charge in [-0.1, -0.05) is 0 Å². The molecule has 0 aromatic carbocycles. The SMILES string of the molecule is CC(C)(C)NCc1cncc(OC(C)(C)C)n1. The van der Waals surface area contributed by atoms with Crippen LogP contribution in [-0.4, -0.2) is 21.1 Å². The van der Waals surface area contributed by atoms with E-state index in [1.54, 1.807) is 12.4 Å². The van der Waals surface area contributed by atoms with Crippen molar-refractivity contribution in [1.82, 2.24) is 15.3 Å². The van der Waals surface area contributed by atoms with Crippen molar-refractivity contribution in [1.29, 1.82) is 0 Å². The highest BCUT2D eigenvalue weighted by molar-refractivity contribution is 5.09. The first-order chi connectivity index (χ1) is 7.66. The maximum atomic E-state index is 5.67. The van der Waals surface area contributed by atoms with Gasteiger partial charge in [0.15, 0.2) is 0 Å². The van der Waals surface area contributed by atoms with Crippen molar-refractivity contribution >= 4 is 0 Å². The van der Waals surface area contributed by atoms with Crippen LogP contribution in [0.4, 0.5) is 0 Å². The van der Waals surface area contributed by atoms with Crippen LogP contribution in [0.2, 0.25) is 0 Å². The summed E-state index contributed by atoms with van der Waals surface area (Å²) in [5.41, 5.74) is 0.717. The molecule has 0 saturated carbocycles. The molecule has 0 radical (unpaired) electrons. The Labute approximate surface area is 104 Å². The number of hydrogen-bond donors (Lipinski definition) is 1. The molecule has 0 bridgehead atoms. The van der Waals surface area contributed by atoms with E-state index in [4.69, 9.17) is 4.74 Å². The van der Waals surface area contributed by atoms with Crippen LogP contribution in [-0.2, 0) is 6.54 Å². The van der Waals surface area contributed by atoms with Gasteiger partial charge in [-0.15, -0.1) is 0 Å². The number of rotatable bonds is 3. The molecule has 0 amide bonds. The van der Waals surface area contributed by atoms with Crippen LogP contribution in [0.25, 0.3) is 0 Å². The van der Waals surface area contributed by atoms with Gasteiger partial charge in [-0.25, -0.2) is 4.98 Å². The van der Waals surface area contributed by atoms with Gasteiger partial charge in [0.2, 0.25) is 5.88 Å². The van der Waals surface area contributed by atoms with Crippen molar-refractivity contribution in [2.45, 2.75) is 59.2 Å². The van der Waals surface area contributed by atoms with Crippen molar-refractivity contribution in [2.75, 3.05) is 0 Å². The van der Waals surface area contributed by atoms with E-state index in [0.717, 1.165) is 5.69 Å². The Morgan fingerprint density at radius 3 is 2.29 bits per heavy atom. The fourth-order valence-corrected chi connectivity index (χ4v) is 1.19. The molecular weight excluding hydrogens is 214 g/mol. The summed E-state index contributed by atoms with van der Waals surface area (Å²) in [5, 5.41) is 3.37. The van der Waals surface area contributed by atoms with Crippen LogP contribution in [0.5, 0.6) is 5.88 Å². The predicted molar refractivity (Wildman–Crippen MR) is 69.0 cm³/mol. The lowest BCUT2D eigenvalue weighted by Crippen LogP contribution is -2.35. The number of hydrogen-bond acceptors (Lipinski definition) is 4. The quantitative estimate of drug-likeness (QED) is 0.877. The highest BCUT2D eigenvalue weighted by Gasteiger charge is 2.14. The maximum Gasteiger partial charge on any atom is 0.233 e. The summed E-state index contributed by atoms with van der Waals surface area (Å²) in [6.45, 7) is 13.0. The van der Waals surface area contributed by atoms with Gasteiger partial charge in [0.25, 0.3) is 0 Å². The van der Waals surface area contributed by atoms with E-state index in [1.165, 1.54) is 0 Å². The molecule has 1 rings (SSSR count). The Balaban J connectivity index is 2.66. The largest absolute Gasteiger partial charge is 0.471 e. The van der Waals surface area contributed by atoms with Gasteiger partial charge in [0.1, 0.15) is 5.60 Å². The van der Waals surface area contributed by atoms with Crippen LogP contribution in [0.3, 0.4) is 0 Å². The fourth-order valence-electron chi connectivity index (χ4n) is 1.19. The Bertz CT molecular complexity index is 364. The molecule has 0 atom stereocenters. The molecule has 0 unspecified atom stereocenters. The lowest BCUT2D eigenvalue weighted by Gasteiger charge is -2.22. The second kappa shape index (κ2) is 5.00. The van der Waals surface area contributed by atoms with Crippen LogP contribution in [0.15, 0.2) is 12.4 Å². The molecule has 96 valence electrons. The normalized spacial score (nSPS) is 12.6. The Morgan fingerprint density at radius 2 is 1.76 bits per heavy atom. The second-order valence-electron chi connectivity index (χ2n) is 6.17. The Kier molecular flexibility index (Phi) is 4.09. The summed E-state index contributed by atoms with van der Waals surface area (Å²) < 4.78 is 5.67. The zero-order valence-electron chi connectivity index (χ0n) is 11.7. The number of nitrogens with one attached hydrogen (secondary N) is 1. The second-order valence-corrected chi connectivity index (χ2v) is 6.17. The molecule has 1 heterocycles. The Hall–Kier alpha value is -1.16. The van der Waals surface area contributed by atoms with Gasteiger partial charge in [-0.05, 0) is 41.5 Å². The average molecular weight is 237 g/mol. The number of aromatic nitrogens is 2. The van der Waals surface area contributed by atoms with E-state index in [2.05, 4.69) is 36.1 Å². The van der Waals surface area contributed by atoms with Gasteiger partial charge in [-0.2, -0.15) is 0 Å². The fraction of sp³-hybridized carbons (Fsp3) is 0.692. The van der Waals surface area contributed by atoms with Crippen LogP contribution in [0, 0.1) is 0 Å². The number of nitrogens with zero attached hydrogens (tertiary/aromatic N) is 2. The molecule has 1 N–H and O–H groups in total. The maximum absolute atomic E-state index is 5.67. The van der Waals surface area contributed by atoms with Gasteiger partial charge in [0, 0.05) is 18.3 Å². The van der Waals surface area contributed by atoms with Crippen molar-refractivity contribution < 1.29 is 4.74 Å². The molecule has 0 fully saturated rings. The molecule has 0 spiro atoms. The van der Waals surface area contributed by atoms with E-state index in [9.17, 15) is 0 Å². The average Bonchev–Trinajstić information content (AvgIpc) is 2.11. The molecule has 4 nitrogen and oxygen atoms in total. The highest BCUT2D eigenvalue weighted by Crippen LogP contribution is 2.14.